The largest absolute Gasteiger partial charge is 0.490 e. The summed E-state index contributed by atoms with van der Waals surface area (Å²) in [5.41, 5.74) is 1.08. The van der Waals surface area contributed by atoms with E-state index >= 15 is 0 Å². The number of hydrogen-bond acceptors (Lipinski definition) is 4. The van der Waals surface area contributed by atoms with Gasteiger partial charge >= 0.3 is 18.2 Å². The molecule has 0 bridgehead atoms. The van der Waals surface area contributed by atoms with Gasteiger partial charge in [0.2, 0.25) is 5.91 Å². The summed E-state index contributed by atoms with van der Waals surface area (Å²) in [5, 5.41) is 13.3. The maximum atomic E-state index is 12.4. The Labute approximate surface area is 183 Å². The molecular weight excluding hydrogens is 429 g/mol. The van der Waals surface area contributed by atoms with E-state index in [0.717, 1.165) is 44.3 Å². The molecule has 1 aromatic heterocycles. The smallest absolute Gasteiger partial charge is 0.475 e. The van der Waals surface area contributed by atoms with Crippen molar-refractivity contribution in [2.75, 3.05) is 13.1 Å². The van der Waals surface area contributed by atoms with Gasteiger partial charge < -0.3 is 20.6 Å². The van der Waals surface area contributed by atoms with Crippen molar-refractivity contribution in [3.63, 3.8) is 0 Å². The number of alkyl halides is 3. The van der Waals surface area contributed by atoms with Crippen LogP contribution in [-0.4, -0.2) is 58.2 Å². The van der Waals surface area contributed by atoms with E-state index in [1.807, 2.05) is 17.0 Å². The van der Waals surface area contributed by atoms with Crippen molar-refractivity contribution >= 4 is 17.9 Å². The molecule has 11 heteroatoms. The number of carboxylic acids is 1. The zero-order valence-corrected chi connectivity index (χ0v) is 17.5. The molecule has 2 atom stereocenters. The summed E-state index contributed by atoms with van der Waals surface area (Å²) in [6, 6.07) is 4.23. The summed E-state index contributed by atoms with van der Waals surface area (Å²) in [7, 11) is 0. The van der Waals surface area contributed by atoms with E-state index in [9.17, 15) is 22.8 Å². The Hall–Kier alpha value is -2.85. The number of rotatable bonds is 4. The van der Waals surface area contributed by atoms with Crippen LogP contribution in [0.25, 0.3) is 0 Å². The van der Waals surface area contributed by atoms with E-state index in [4.69, 9.17) is 9.90 Å². The number of amides is 3. The molecule has 1 aliphatic heterocycles. The van der Waals surface area contributed by atoms with Crippen LogP contribution in [0.15, 0.2) is 24.5 Å². The minimum absolute atomic E-state index is 0.0232. The van der Waals surface area contributed by atoms with Crippen LogP contribution in [-0.2, 0) is 16.1 Å². The van der Waals surface area contributed by atoms with Gasteiger partial charge in [-0.2, -0.15) is 13.2 Å². The first-order chi connectivity index (χ1) is 15.1. The average Bonchev–Trinajstić information content (AvgIpc) is 3.06. The van der Waals surface area contributed by atoms with Crippen LogP contribution >= 0.6 is 0 Å². The molecule has 3 N–H and O–H groups in total. The Morgan fingerprint density at radius 2 is 1.81 bits per heavy atom. The number of halogens is 3. The van der Waals surface area contributed by atoms with Crippen LogP contribution in [0, 0.1) is 11.3 Å². The topological polar surface area (TPSA) is 112 Å². The Bertz CT molecular complexity index is 830. The lowest BCUT2D eigenvalue weighted by atomic mass is 10.0. The molecule has 2 unspecified atom stereocenters. The van der Waals surface area contributed by atoms with Crippen LogP contribution in [0.1, 0.15) is 44.1 Å². The van der Waals surface area contributed by atoms with Crippen molar-refractivity contribution in [1.82, 2.24) is 20.5 Å². The Morgan fingerprint density at radius 3 is 2.41 bits per heavy atom. The first-order valence-corrected chi connectivity index (χ1v) is 10.6. The van der Waals surface area contributed by atoms with Gasteiger partial charge in [-0.05, 0) is 43.4 Å². The van der Waals surface area contributed by atoms with Crippen molar-refractivity contribution < 1.29 is 32.7 Å². The quantitative estimate of drug-likeness (QED) is 0.645. The number of nitrogens with zero attached hydrogens (tertiary/aromatic N) is 2. The maximum Gasteiger partial charge on any atom is 0.490 e. The number of hydrogen-bond donors (Lipinski definition) is 3. The summed E-state index contributed by atoms with van der Waals surface area (Å²) < 4.78 is 31.7. The maximum absolute atomic E-state index is 12.4. The van der Waals surface area contributed by atoms with Gasteiger partial charge in [-0.25, -0.2) is 9.59 Å². The highest BCUT2D eigenvalue weighted by atomic mass is 19.4. The molecule has 0 aromatic carbocycles. The molecule has 2 aliphatic carbocycles. The van der Waals surface area contributed by atoms with Crippen LogP contribution in [0.4, 0.5) is 18.0 Å². The highest BCUT2D eigenvalue weighted by Gasteiger charge is 2.61. The number of carbonyl (C=O) groups excluding carboxylic acids is 2. The molecule has 2 heterocycles. The third-order valence-corrected chi connectivity index (χ3v) is 6.32. The van der Waals surface area contributed by atoms with E-state index in [1.165, 1.54) is 12.8 Å². The van der Waals surface area contributed by atoms with Crippen LogP contribution < -0.4 is 10.6 Å². The van der Waals surface area contributed by atoms with Crippen LogP contribution in [0.2, 0.25) is 0 Å². The van der Waals surface area contributed by atoms with Crippen LogP contribution in [0.3, 0.4) is 0 Å². The number of pyridine rings is 1. The molecule has 3 fully saturated rings. The predicted octanol–water partition coefficient (Wildman–Crippen LogP) is 2.70. The number of urea groups is 1. The molecule has 3 amide bonds. The average molecular weight is 456 g/mol. The Balaban J connectivity index is 0.000000360. The van der Waals surface area contributed by atoms with Gasteiger partial charge in [0.25, 0.3) is 0 Å². The molecular formula is C21H27F3N4O4. The minimum Gasteiger partial charge on any atom is -0.475 e. The number of nitrogens with one attached hydrogen (secondary N) is 2. The molecule has 32 heavy (non-hydrogen) atoms. The van der Waals surface area contributed by atoms with Crippen molar-refractivity contribution in [2.45, 2.75) is 57.3 Å². The summed E-state index contributed by atoms with van der Waals surface area (Å²) in [5.74, 6) is -2.58. The zero-order valence-electron chi connectivity index (χ0n) is 17.5. The fourth-order valence-corrected chi connectivity index (χ4v) is 4.39. The molecule has 4 rings (SSSR count). The summed E-state index contributed by atoms with van der Waals surface area (Å²) in [4.78, 5) is 39.7. The first kappa shape index (κ1) is 23.8. The number of aliphatic carboxylic acids is 1. The molecule has 2 saturated carbocycles. The van der Waals surface area contributed by atoms with Crippen molar-refractivity contribution in [3.8, 4) is 0 Å². The lowest BCUT2D eigenvalue weighted by Gasteiger charge is -2.20. The second-order valence-corrected chi connectivity index (χ2v) is 8.60. The fourth-order valence-electron chi connectivity index (χ4n) is 4.39. The van der Waals surface area contributed by atoms with E-state index in [1.54, 1.807) is 12.4 Å². The molecule has 1 aromatic rings. The van der Waals surface area contributed by atoms with Crippen molar-refractivity contribution in [1.29, 1.82) is 0 Å². The van der Waals surface area contributed by atoms with Gasteiger partial charge in [0, 0.05) is 49.4 Å². The zero-order chi connectivity index (χ0) is 23.4. The van der Waals surface area contributed by atoms with E-state index in [0.29, 0.717) is 12.6 Å². The number of aromatic nitrogens is 1. The Kier molecular flexibility index (Phi) is 7.25. The van der Waals surface area contributed by atoms with E-state index in [2.05, 4.69) is 15.6 Å². The van der Waals surface area contributed by atoms with Gasteiger partial charge in [-0.15, -0.1) is 0 Å². The SMILES string of the molecule is O=C(NCc1ccncc1)C1CC12CCN(C(=O)NC1CCCC1)C2.O=C(O)C(F)(F)F. The number of carbonyl (C=O) groups is 3. The molecule has 176 valence electrons. The van der Waals surface area contributed by atoms with Gasteiger partial charge in [-0.1, -0.05) is 12.8 Å². The molecule has 1 spiro atoms. The second kappa shape index (κ2) is 9.74. The summed E-state index contributed by atoms with van der Waals surface area (Å²) >= 11 is 0. The monoisotopic (exact) mass is 456 g/mol. The van der Waals surface area contributed by atoms with E-state index < -0.39 is 12.1 Å². The van der Waals surface area contributed by atoms with Gasteiger partial charge in [0.1, 0.15) is 0 Å². The normalized spacial score (nSPS) is 24.6. The number of likely N-dealkylation sites (tertiary alicyclic amines) is 1. The third-order valence-electron chi connectivity index (χ3n) is 6.32. The number of carboxylic acid groups (broad SMARTS) is 1. The highest BCUT2D eigenvalue weighted by Crippen LogP contribution is 2.58. The van der Waals surface area contributed by atoms with Gasteiger partial charge in [-0.3, -0.25) is 9.78 Å². The van der Waals surface area contributed by atoms with Gasteiger partial charge in [0.05, 0.1) is 0 Å². The molecule has 1 saturated heterocycles. The summed E-state index contributed by atoms with van der Waals surface area (Å²) in [6.45, 7) is 2.03. The van der Waals surface area contributed by atoms with E-state index in [-0.39, 0.29) is 23.3 Å². The van der Waals surface area contributed by atoms with Gasteiger partial charge in [0.15, 0.2) is 0 Å². The minimum atomic E-state index is -5.08. The molecule has 3 aliphatic rings. The first-order valence-electron chi connectivity index (χ1n) is 10.6. The summed E-state index contributed by atoms with van der Waals surface area (Å²) in [6.07, 6.45) is 4.87. The standard InChI is InChI=1S/C19H26N4O2.C2HF3O2/c24-17(21-12-14-5-8-20-9-6-14)16-11-19(16)7-10-23(13-19)18(25)22-15-3-1-2-4-15;3-2(4,5)1(6)7/h5-6,8-9,15-16H,1-4,7,10-13H2,(H,21,24)(H,22,25);(H,6,7). The lowest BCUT2D eigenvalue weighted by Crippen LogP contribution is -2.43. The fraction of sp³-hybridized carbons (Fsp3) is 0.619. The second-order valence-electron chi connectivity index (χ2n) is 8.60. The molecule has 8 nitrogen and oxygen atoms in total. The Morgan fingerprint density at radius 1 is 1.19 bits per heavy atom. The predicted molar refractivity (Wildman–Crippen MR) is 107 cm³/mol. The van der Waals surface area contributed by atoms with Crippen molar-refractivity contribution in [2.24, 2.45) is 11.3 Å². The lowest BCUT2D eigenvalue weighted by molar-refractivity contribution is -0.192. The van der Waals surface area contributed by atoms with Crippen LogP contribution in [0.5, 0.6) is 0 Å². The highest BCUT2D eigenvalue weighted by molar-refractivity contribution is 5.83. The molecule has 0 radical (unpaired) electrons. The van der Waals surface area contributed by atoms with Crippen molar-refractivity contribution in [3.05, 3.63) is 30.1 Å². The third kappa shape index (κ3) is 6.10.